The highest BCUT2D eigenvalue weighted by Crippen LogP contribution is 2.23. The maximum absolute atomic E-state index is 11.9. The Kier molecular flexibility index (Phi) is 4.73. The first-order valence-electron chi connectivity index (χ1n) is 8.21. The summed E-state index contributed by atoms with van der Waals surface area (Å²) in [6, 6.07) is 0. The molecule has 0 atom stereocenters. The van der Waals surface area contributed by atoms with Crippen LogP contribution in [0.3, 0.4) is 0 Å². The summed E-state index contributed by atoms with van der Waals surface area (Å²) in [6.07, 6.45) is 7.71. The fraction of sp³-hybridized carbons (Fsp3) is 0.625. The highest BCUT2D eigenvalue weighted by atomic mass is 16.4. The molecule has 0 saturated carbocycles. The molecule has 2 fully saturated rings. The molecule has 7 heteroatoms. The van der Waals surface area contributed by atoms with Crippen molar-refractivity contribution in [1.29, 1.82) is 0 Å². The molecule has 0 spiro atoms. The molecule has 1 aromatic rings. The number of hydrogen-bond acceptors (Lipinski definition) is 5. The largest absolute Gasteiger partial charge is 0.476 e. The Hall–Kier alpha value is -2.18. The normalized spacial score (nSPS) is 19.9. The smallest absolute Gasteiger partial charge is 0.356 e. The summed E-state index contributed by atoms with van der Waals surface area (Å²) in [6.45, 7) is 3.51. The van der Waals surface area contributed by atoms with Crippen molar-refractivity contribution in [2.75, 3.05) is 31.1 Å². The molecule has 1 N–H and O–H groups in total. The van der Waals surface area contributed by atoms with E-state index in [1.807, 2.05) is 4.90 Å². The van der Waals surface area contributed by atoms with Crippen LogP contribution in [0.5, 0.6) is 0 Å². The molecule has 0 aliphatic carbocycles. The summed E-state index contributed by atoms with van der Waals surface area (Å²) < 4.78 is 0. The predicted octanol–water partition coefficient (Wildman–Crippen LogP) is 1.40. The number of likely N-dealkylation sites (tertiary alicyclic amines) is 1. The molecule has 2 aliphatic heterocycles. The molecule has 1 aromatic heterocycles. The Morgan fingerprint density at radius 1 is 1.17 bits per heavy atom. The Morgan fingerprint density at radius 3 is 2.57 bits per heavy atom. The topological polar surface area (TPSA) is 86.6 Å². The third-order valence-electron chi connectivity index (χ3n) is 4.70. The maximum Gasteiger partial charge on any atom is 0.356 e. The van der Waals surface area contributed by atoms with E-state index in [-0.39, 0.29) is 5.69 Å². The third-order valence-corrected chi connectivity index (χ3v) is 4.70. The molecule has 0 radical (unpaired) electrons. The molecule has 0 unspecified atom stereocenters. The van der Waals surface area contributed by atoms with Gasteiger partial charge in [-0.1, -0.05) is 0 Å². The monoisotopic (exact) mass is 318 g/mol. The van der Waals surface area contributed by atoms with E-state index < -0.39 is 5.97 Å². The van der Waals surface area contributed by atoms with Crippen molar-refractivity contribution in [3.63, 3.8) is 0 Å². The molecular formula is C16H22N4O3. The number of carboxylic acid groups (broad SMARTS) is 1. The van der Waals surface area contributed by atoms with E-state index >= 15 is 0 Å². The quantitative estimate of drug-likeness (QED) is 0.903. The first-order valence-corrected chi connectivity index (χ1v) is 8.21. The molecule has 3 rings (SSSR count). The second-order valence-corrected chi connectivity index (χ2v) is 6.29. The van der Waals surface area contributed by atoms with Crippen molar-refractivity contribution >= 4 is 17.7 Å². The average molecular weight is 318 g/mol. The predicted molar refractivity (Wildman–Crippen MR) is 84.4 cm³/mol. The highest BCUT2D eigenvalue weighted by molar-refractivity contribution is 5.84. The van der Waals surface area contributed by atoms with Gasteiger partial charge >= 0.3 is 5.97 Å². The van der Waals surface area contributed by atoms with E-state index in [0.29, 0.717) is 18.2 Å². The van der Waals surface area contributed by atoms with Crippen LogP contribution in [0.25, 0.3) is 0 Å². The average Bonchev–Trinajstić information content (AvgIpc) is 2.58. The molecule has 2 saturated heterocycles. The summed E-state index contributed by atoms with van der Waals surface area (Å²) in [5.74, 6) is 0.504. The number of amides is 1. The number of hydrogen-bond donors (Lipinski definition) is 1. The molecule has 7 nitrogen and oxygen atoms in total. The Labute approximate surface area is 135 Å². The summed E-state index contributed by atoms with van der Waals surface area (Å²) in [5, 5.41) is 8.85. The molecule has 2 aliphatic rings. The molecule has 0 aromatic carbocycles. The van der Waals surface area contributed by atoms with Gasteiger partial charge in [0.1, 0.15) is 5.82 Å². The van der Waals surface area contributed by atoms with Crippen LogP contribution in [0.15, 0.2) is 12.4 Å². The fourth-order valence-corrected chi connectivity index (χ4v) is 3.31. The van der Waals surface area contributed by atoms with Crippen molar-refractivity contribution in [2.45, 2.75) is 32.1 Å². The zero-order valence-electron chi connectivity index (χ0n) is 13.1. The number of aromatic carboxylic acids is 1. The fourth-order valence-electron chi connectivity index (χ4n) is 3.31. The first-order chi connectivity index (χ1) is 11.1. The van der Waals surface area contributed by atoms with Gasteiger partial charge in [0.15, 0.2) is 5.69 Å². The number of aromatic nitrogens is 2. The van der Waals surface area contributed by atoms with Crippen molar-refractivity contribution in [3.8, 4) is 0 Å². The van der Waals surface area contributed by atoms with Crippen molar-refractivity contribution in [1.82, 2.24) is 14.9 Å². The van der Waals surface area contributed by atoms with Gasteiger partial charge in [0.25, 0.3) is 0 Å². The van der Waals surface area contributed by atoms with Gasteiger partial charge in [0.2, 0.25) is 5.91 Å². The van der Waals surface area contributed by atoms with Gasteiger partial charge in [-0.15, -0.1) is 0 Å². The van der Waals surface area contributed by atoms with Crippen LogP contribution < -0.4 is 4.90 Å². The van der Waals surface area contributed by atoms with Crippen molar-refractivity contribution in [2.24, 2.45) is 5.92 Å². The van der Waals surface area contributed by atoms with Gasteiger partial charge in [0, 0.05) is 32.6 Å². The Balaban J connectivity index is 1.51. The third kappa shape index (κ3) is 3.78. The summed E-state index contributed by atoms with van der Waals surface area (Å²) in [5.41, 5.74) is -0.0350. The lowest BCUT2D eigenvalue weighted by molar-refractivity contribution is -0.134. The molecule has 124 valence electrons. The number of rotatable bonds is 4. The van der Waals surface area contributed by atoms with Gasteiger partial charge in [-0.05, 0) is 31.6 Å². The Bertz CT molecular complexity index is 567. The lowest BCUT2D eigenvalue weighted by Gasteiger charge is -2.36. The van der Waals surface area contributed by atoms with Crippen LogP contribution >= 0.6 is 0 Å². The van der Waals surface area contributed by atoms with E-state index in [2.05, 4.69) is 14.9 Å². The lowest BCUT2D eigenvalue weighted by Crippen LogP contribution is -2.42. The Morgan fingerprint density at radius 2 is 1.96 bits per heavy atom. The minimum Gasteiger partial charge on any atom is -0.476 e. The number of carbonyl (C=O) groups is 2. The summed E-state index contributed by atoms with van der Waals surface area (Å²) in [4.78, 5) is 35.0. The minimum absolute atomic E-state index is 0.0350. The molecule has 23 heavy (non-hydrogen) atoms. The number of piperidine rings is 2. The maximum atomic E-state index is 11.9. The number of carbonyl (C=O) groups excluding carboxylic acids is 1. The SMILES string of the molecule is O=C(O)c1cnc(N2CCC(CN3CCCCC3=O)CC2)cn1. The number of nitrogens with zero attached hydrogens (tertiary/aromatic N) is 4. The van der Waals surface area contributed by atoms with Crippen molar-refractivity contribution in [3.05, 3.63) is 18.1 Å². The van der Waals surface area contributed by atoms with E-state index in [1.54, 1.807) is 0 Å². The molecular weight excluding hydrogens is 296 g/mol. The molecule has 1 amide bonds. The summed E-state index contributed by atoms with van der Waals surface area (Å²) >= 11 is 0. The van der Waals surface area contributed by atoms with Crippen LogP contribution in [-0.2, 0) is 4.79 Å². The lowest BCUT2D eigenvalue weighted by atomic mass is 9.95. The molecule has 0 bridgehead atoms. The van der Waals surface area contributed by atoms with Gasteiger partial charge < -0.3 is 14.9 Å². The van der Waals surface area contributed by atoms with E-state index in [4.69, 9.17) is 5.11 Å². The number of carboxylic acids is 1. The second kappa shape index (κ2) is 6.93. The van der Waals surface area contributed by atoms with Gasteiger partial charge in [-0.25, -0.2) is 14.8 Å². The van der Waals surface area contributed by atoms with Gasteiger partial charge in [-0.2, -0.15) is 0 Å². The van der Waals surface area contributed by atoms with Crippen LogP contribution in [0.2, 0.25) is 0 Å². The minimum atomic E-state index is -1.06. The zero-order chi connectivity index (χ0) is 16.2. The zero-order valence-corrected chi connectivity index (χ0v) is 13.1. The standard InChI is InChI=1S/C16H22N4O3/c21-15-3-1-2-6-20(15)11-12-4-7-19(8-5-12)14-10-17-13(9-18-14)16(22)23/h9-10,12H,1-8,11H2,(H,22,23). The van der Waals surface area contributed by atoms with Crippen LogP contribution in [0.1, 0.15) is 42.6 Å². The van der Waals surface area contributed by atoms with Crippen LogP contribution in [0, 0.1) is 5.92 Å². The highest BCUT2D eigenvalue weighted by Gasteiger charge is 2.25. The summed E-state index contributed by atoms with van der Waals surface area (Å²) in [7, 11) is 0. The van der Waals surface area contributed by atoms with Crippen molar-refractivity contribution < 1.29 is 14.7 Å². The van der Waals surface area contributed by atoms with E-state index in [9.17, 15) is 9.59 Å². The number of anilines is 1. The second-order valence-electron chi connectivity index (χ2n) is 6.29. The van der Waals surface area contributed by atoms with Crippen LogP contribution in [-0.4, -0.2) is 58.0 Å². The van der Waals surface area contributed by atoms with E-state index in [0.717, 1.165) is 57.7 Å². The van der Waals surface area contributed by atoms with Crippen LogP contribution in [0.4, 0.5) is 5.82 Å². The van der Waals surface area contributed by atoms with Gasteiger partial charge in [-0.3, -0.25) is 4.79 Å². The van der Waals surface area contributed by atoms with Gasteiger partial charge in [0.05, 0.1) is 12.4 Å². The molecule has 3 heterocycles. The van der Waals surface area contributed by atoms with E-state index in [1.165, 1.54) is 12.4 Å². The first kappa shape index (κ1) is 15.7.